The Labute approximate surface area is 135 Å². The number of hydrogen-bond acceptors (Lipinski definition) is 5. The quantitative estimate of drug-likeness (QED) is 0.811. The van der Waals surface area contributed by atoms with Gasteiger partial charge in [0.2, 0.25) is 0 Å². The van der Waals surface area contributed by atoms with E-state index in [-0.39, 0.29) is 6.61 Å². The number of ether oxygens (including phenoxy) is 3. The van der Waals surface area contributed by atoms with Gasteiger partial charge in [0.25, 0.3) is 0 Å². The van der Waals surface area contributed by atoms with Crippen molar-refractivity contribution in [1.29, 1.82) is 0 Å². The SMILES string of the molecule is COc1ccc(COC(=O)C2(C)CCC[C@H]2C(=O)O)c(OC)c1. The van der Waals surface area contributed by atoms with Gasteiger partial charge in [0.05, 0.1) is 25.6 Å². The van der Waals surface area contributed by atoms with Crippen molar-refractivity contribution in [2.75, 3.05) is 14.2 Å². The minimum Gasteiger partial charge on any atom is -0.497 e. The molecular formula is C17H22O6. The van der Waals surface area contributed by atoms with Gasteiger partial charge in [0.1, 0.15) is 18.1 Å². The molecule has 2 rings (SSSR count). The van der Waals surface area contributed by atoms with Crippen LogP contribution in [0.15, 0.2) is 18.2 Å². The molecule has 0 amide bonds. The van der Waals surface area contributed by atoms with E-state index in [0.29, 0.717) is 36.3 Å². The van der Waals surface area contributed by atoms with Crippen LogP contribution >= 0.6 is 0 Å². The predicted molar refractivity (Wildman–Crippen MR) is 82.4 cm³/mol. The van der Waals surface area contributed by atoms with Crippen LogP contribution in [0.1, 0.15) is 31.7 Å². The highest BCUT2D eigenvalue weighted by molar-refractivity contribution is 5.85. The van der Waals surface area contributed by atoms with E-state index in [1.54, 1.807) is 32.2 Å². The smallest absolute Gasteiger partial charge is 0.313 e. The Kier molecular flexibility index (Phi) is 5.13. The summed E-state index contributed by atoms with van der Waals surface area (Å²) >= 11 is 0. The molecule has 1 aromatic carbocycles. The van der Waals surface area contributed by atoms with Gasteiger partial charge in [-0.3, -0.25) is 9.59 Å². The van der Waals surface area contributed by atoms with Crippen LogP contribution in [-0.2, 0) is 20.9 Å². The average molecular weight is 322 g/mol. The lowest BCUT2D eigenvalue weighted by Gasteiger charge is -2.26. The topological polar surface area (TPSA) is 82.1 Å². The Bertz CT molecular complexity index is 597. The fourth-order valence-electron chi connectivity index (χ4n) is 3.09. The van der Waals surface area contributed by atoms with Crippen LogP contribution in [0.4, 0.5) is 0 Å². The third kappa shape index (κ3) is 3.41. The van der Waals surface area contributed by atoms with Gasteiger partial charge in [0, 0.05) is 11.6 Å². The zero-order chi connectivity index (χ0) is 17.0. The van der Waals surface area contributed by atoms with Crippen LogP contribution in [0.2, 0.25) is 0 Å². The number of esters is 1. The maximum atomic E-state index is 12.4. The van der Waals surface area contributed by atoms with Crippen molar-refractivity contribution >= 4 is 11.9 Å². The second-order valence-electron chi connectivity index (χ2n) is 5.95. The van der Waals surface area contributed by atoms with Crippen molar-refractivity contribution in [1.82, 2.24) is 0 Å². The number of aliphatic carboxylic acids is 1. The van der Waals surface area contributed by atoms with E-state index in [0.717, 1.165) is 0 Å². The van der Waals surface area contributed by atoms with Gasteiger partial charge in [-0.05, 0) is 31.9 Å². The molecule has 0 heterocycles. The van der Waals surface area contributed by atoms with Crippen LogP contribution in [0, 0.1) is 11.3 Å². The number of methoxy groups -OCH3 is 2. The molecule has 1 fully saturated rings. The van der Waals surface area contributed by atoms with E-state index in [4.69, 9.17) is 14.2 Å². The Balaban J connectivity index is 2.08. The molecule has 1 N–H and O–H groups in total. The summed E-state index contributed by atoms with van der Waals surface area (Å²) in [6, 6.07) is 5.22. The summed E-state index contributed by atoms with van der Waals surface area (Å²) < 4.78 is 15.8. The van der Waals surface area contributed by atoms with E-state index in [9.17, 15) is 14.7 Å². The van der Waals surface area contributed by atoms with Crippen molar-refractivity contribution in [3.8, 4) is 11.5 Å². The fraction of sp³-hybridized carbons (Fsp3) is 0.529. The van der Waals surface area contributed by atoms with Gasteiger partial charge in [-0.15, -0.1) is 0 Å². The monoisotopic (exact) mass is 322 g/mol. The molecule has 0 saturated heterocycles. The summed E-state index contributed by atoms with van der Waals surface area (Å²) in [4.78, 5) is 23.8. The van der Waals surface area contributed by atoms with Crippen molar-refractivity contribution in [3.63, 3.8) is 0 Å². The highest BCUT2D eigenvalue weighted by atomic mass is 16.5. The third-order valence-electron chi connectivity index (χ3n) is 4.58. The van der Waals surface area contributed by atoms with Gasteiger partial charge in [-0.1, -0.05) is 6.42 Å². The number of rotatable bonds is 6. The number of carboxylic acid groups (broad SMARTS) is 1. The first-order valence-electron chi connectivity index (χ1n) is 7.53. The molecular weight excluding hydrogens is 300 g/mol. The second-order valence-corrected chi connectivity index (χ2v) is 5.95. The third-order valence-corrected chi connectivity index (χ3v) is 4.58. The van der Waals surface area contributed by atoms with Crippen LogP contribution < -0.4 is 9.47 Å². The Morgan fingerprint density at radius 3 is 2.65 bits per heavy atom. The summed E-state index contributed by atoms with van der Waals surface area (Å²) in [5, 5.41) is 9.28. The first-order chi connectivity index (χ1) is 10.9. The summed E-state index contributed by atoms with van der Waals surface area (Å²) in [7, 11) is 3.08. The summed E-state index contributed by atoms with van der Waals surface area (Å²) in [6.07, 6.45) is 1.75. The average Bonchev–Trinajstić information content (AvgIpc) is 2.95. The molecule has 1 aliphatic rings. The maximum Gasteiger partial charge on any atom is 0.313 e. The minimum atomic E-state index is -0.967. The Morgan fingerprint density at radius 2 is 2.04 bits per heavy atom. The first-order valence-corrected chi connectivity index (χ1v) is 7.53. The largest absolute Gasteiger partial charge is 0.497 e. The van der Waals surface area contributed by atoms with Gasteiger partial charge in [-0.25, -0.2) is 0 Å². The number of carbonyl (C=O) groups is 2. The van der Waals surface area contributed by atoms with E-state index in [1.165, 1.54) is 7.11 Å². The van der Waals surface area contributed by atoms with Crippen LogP contribution in [0.25, 0.3) is 0 Å². The lowest BCUT2D eigenvalue weighted by Crippen LogP contribution is -2.37. The molecule has 1 aliphatic carbocycles. The van der Waals surface area contributed by atoms with E-state index < -0.39 is 23.3 Å². The molecule has 1 aromatic rings. The highest BCUT2D eigenvalue weighted by Gasteiger charge is 2.50. The summed E-state index contributed by atoms with van der Waals surface area (Å²) in [6.45, 7) is 1.71. The molecule has 0 spiro atoms. The zero-order valence-corrected chi connectivity index (χ0v) is 13.6. The van der Waals surface area contributed by atoms with E-state index in [1.807, 2.05) is 0 Å². The normalized spacial score (nSPS) is 23.3. The Morgan fingerprint density at radius 1 is 1.30 bits per heavy atom. The summed E-state index contributed by atoms with van der Waals surface area (Å²) in [5.74, 6) is -0.897. The highest BCUT2D eigenvalue weighted by Crippen LogP contribution is 2.44. The lowest BCUT2D eigenvalue weighted by atomic mass is 9.80. The van der Waals surface area contributed by atoms with E-state index >= 15 is 0 Å². The lowest BCUT2D eigenvalue weighted by molar-refractivity contribution is -0.165. The van der Waals surface area contributed by atoms with Crippen LogP contribution in [-0.4, -0.2) is 31.3 Å². The predicted octanol–water partition coefficient (Wildman–Crippen LogP) is 2.64. The molecule has 0 radical (unpaired) electrons. The molecule has 0 aliphatic heterocycles. The van der Waals surface area contributed by atoms with Crippen LogP contribution in [0.5, 0.6) is 11.5 Å². The van der Waals surface area contributed by atoms with Gasteiger partial charge in [-0.2, -0.15) is 0 Å². The summed E-state index contributed by atoms with van der Waals surface area (Å²) in [5.41, 5.74) is -0.263. The van der Waals surface area contributed by atoms with Crippen molar-refractivity contribution in [3.05, 3.63) is 23.8 Å². The van der Waals surface area contributed by atoms with Crippen molar-refractivity contribution in [2.45, 2.75) is 32.8 Å². The number of carboxylic acids is 1. The minimum absolute atomic E-state index is 0.0356. The molecule has 6 nitrogen and oxygen atoms in total. The van der Waals surface area contributed by atoms with Gasteiger partial charge in [0.15, 0.2) is 0 Å². The number of hydrogen-bond donors (Lipinski definition) is 1. The molecule has 1 unspecified atom stereocenters. The first kappa shape index (κ1) is 17.1. The van der Waals surface area contributed by atoms with Crippen molar-refractivity contribution in [2.24, 2.45) is 11.3 Å². The number of carbonyl (C=O) groups excluding carboxylic acids is 1. The standard InChI is InChI=1S/C17H22O6/c1-17(8-4-5-13(17)15(18)19)16(20)23-10-11-6-7-12(21-2)9-14(11)22-3/h6-7,9,13H,4-5,8,10H2,1-3H3,(H,18,19)/t13-,17?/m0/s1. The zero-order valence-electron chi connectivity index (χ0n) is 13.6. The van der Waals surface area contributed by atoms with Crippen LogP contribution in [0.3, 0.4) is 0 Å². The second kappa shape index (κ2) is 6.89. The van der Waals surface area contributed by atoms with Gasteiger partial charge < -0.3 is 19.3 Å². The van der Waals surface area contributed by atoms with Crippen molar-refractivity contribution < 1.29 is 28.9 Å². The van der Waals surface area contributed by atoms with Gasteiger partial charge >= 0.3 is 11.9 Å². The molecule has 126 valence electrons. The molecule has 0 bridgehead atoms. The maximum absolute atomic E-state index is 12.4. The molecule has 6 heteroatoms. The number of benzene rings is 1. The molecule has 0 aromatic heterocycles. The Hall–Kier alpha value is -2.24. The molecule has 2 atom stereocenters. The van der Waals surface area contributed by atoms with E-state index in [2.05, 4.69) is 0 Å². The fourth-order valence-corrected chi connectivity index (χ4v) is 3.09. The molecule has 1 saturated carbocycles. The molecule has 23 heavy (non-hydrogen) atoms.